The van der Waals surface area contributed by atoms with Gasteiger partial charge in [-0.15, -0.1) is 0 Å². The lowest BCUT2D eigenvalue weighted by Crippen LogP contribution is -2.22. The second-order valence-corrected chi connectivity index (χ2v) is 5.84. The third-order valence-electron chi connectivity index (χ3n) is 2.98. The predicted octanol–water partition coefficient (Wildman–Crippen LogP) is 5.01. The van der Waals surface area contributed by atoms with Crippen LogP contribution in [0, 0.1) is 0 Å². The first-order chi connectivity index (χ1) is 10.5. The van der Waals surface area contributed by atoms with E-state index < -0.39 is 0 Å². The second-order valence-electron chi connectivity index (χ2n) is 5.43. The van der Waals surface area contributed by atoms with Gasteiger partial charge in [-0.05, 0) is 57.2 Å². The van der Waals surface area contributed by atoms with Crippen LogP contribution in [0.2, 0.25) is 5.02 Å². The predicted molar refractivity (Wildman–Crippen MR) is 92.2 cm³/mol. The summed E-state index contributed by atoms with van der Waals surface area (Å²) in [6.45, 7) is 6.72. The molecule has 118 valence electrons. The number of nitrogens with one attached hydrogen (secondary N) is 1. The number of benzene rings is 2. The molecule has 0 aromatic heterocycles. The van der Waals surface area contributed by atoms with Gasteiger partial charge >= 0.3 is 0 Å². The summed E-state index contributed by atoms with van der Waals surface area (Å²) in [4.78, 5) is 0. The van der Waals surface area contributed by atoms with Gasteiger partial charge in [-0.25, -0.2) is 0 Å². The molecule has 0 radical (unpaired) electrons. The topological polar surface area (TPSA) is 30.5 Å². The SMILES string of the molecule is CC(C)Oc1ccc(NCC(C)Oc2ccccc2Cl)cc1. The van der Waals surface area contributed by atoms with Gasteiger partial charge in [0.2, 0.25) is 0 Å². The lowest BCUT2D eigenvalue weighted by molar-refractivity contribution is 0.235. The number of hydrogen-bond acceptors (Lipinski definition) is 3. The van der Waals surface area contributed by atoms with Crippen molar-refractivity contribution >= 4 is 17.3 Å². The van der Waals surface area contributed by atoms with E-state index in [9.17, 15) is 0 Å². The Labute approximate surface area is 137 Å². The molecule has 0 aliphatic carbocycles. The molecule has 0 aliphatic heterocycles. The number of para-hydroxylation sites is 1. The standard InChI is InChI=1S/C18H22ClNO2/c1-13(2)21-16-10-8-15(9-11-16)20-12-14(3)22-18-7-5-4-6-17(18)19/h4-11,13-14,20H,12H2,1-3H3. The first-order valence-corrected chi connectivity index (χ1v) is 7.84. The highest BCUT2D eigenvalue weighted by molar-refractivity contribution is 6.32. The Morgan fingerprint density at radius 2 is 1.64 bits per heavy atom. The van der Waals surface area contributed by atoms with E-state index in [0.717, 1.165) is 11.4 Å². The molecule has 0 heterocycles. The molecule has 1 unspecified atom stereocenters. The second kappa shape index (κ2) is 7.95. The molecule has 0 bridgehead atoms. The zero-order valence-corrected chi connectivity index (χ0v) is 13.9. The minimum Gasteiger partial charge on any atom is -0.491 e. The van der Waals surface area contributed by atoms with Crippen molar-refractivity contribution in [2.45, 2.75) is 33.0 Å². The van der Waals surface area contributed by atoms with Gasteiger partial charge in [-0.2, -0.15) is 0 Å². The van der Waals surface area contributed by atoms with Gasteiger partial charge in [0.15, 0.2) is 0 Å². The van der Waals surface area contributed by atoms with Gasteiger partial charge in [0.05, 0.1) is 17.7 Å². The van der Waals surface area contributed by atoms with Gasteiger partial charge in [0, 0.05) is 5.69 Å². The Balaban J connectivity index is 1.83. The Hall–Kier alpha value is -1.87. The molecular weight excluding hydrogens is 298 g/mol. The van der Waals surface area contributed by atoms with Crippen molar-refractivity contribution in [3.05, 3.63) is 53.6 Å². The van der Waals surface area contributed by atoms with Gasteiger partial charge in [0.25, 0.3) is 0 Å². The Morgan fingerprint density at radius 1 is 0.955 bits per heavy atom. The Bertz CT molecular complexity index is 584. The van der Waals surface area contributed by atoms with E-state index in [2.05, 4.69) is 5.32 Å². The molecule has 0 saturated heterocycles. The lowest BCUT2D eigenvalue weighted by Gasteiger charge is -2.17. The maximum atomic E-state index is 6.09. The molecule has 0 spiro atoms. The monoisotopic (exact) mass is 319 g/mol. The van der Waals surface area contributed by atoms with E-state index >= 15 is 0 Å². The molecule has 3 nitrogen and oxygen atoms in total. The summed E-state index contributed by atoms with van der Waals surface area (Å²) in [7, 11) is 0. The third kappa shape index (κ3) is 5.15. The molecule has 22 heavy (non-hydrogen) atoms. The summed E-state index contributed by atoms with van der Waals surface area (Å²) >= 11 is 6.09. The van der Waals surface area contributed by atoms with Crippen LogP contribution in [-0.4, -0.2) is 18.8 Å². The average molecular weight is 320 g/mol. The van der Waals surface area contributed by atoms with Crippen LogP contribution in [0.1, 0.15) is 20.8 Å². The summed E-state index contributed by atoms with van der Waals surface area (Å²) < 4.78 is 11.4. The molecule has 4 heteroatoms. The van der Waals surface area contributed by atoms with Crippen LogP contribution < -0.4 is 14.8 Å². The smallest absolute Gasteiger partial charge is 0.138 e. The molecule has 0 amide bonds. The van der Waals surface area contributed by atoms with Crippen LogP contribution in [0.5, 0.6) is 11.5 Å². The highest BCUT2D eigenvalue weighted by Gasteiger charge is 2.07. The zero-order valence-electron chi connectivity index (χ0n) is 13.2. The van der Waals surface area contributed by atoms with Crippen molar-refractivity contribution in [2.75, 3.05) is 11.9 Å². The van der Waals surface area contributed by atoms with E-state index in [1.807, 2.05) is 69.3 Å². The van der Waals surface area contributed by atoms with Crippen molar-refractivity contribution in [3.63, 3.8) is 0 Å². The summed E-state index contributed by atoms with van der Waals surface area (Å²) in [5.74, 6) is 1.58. The lowest BCUT2D eigenvalue weighted by atomic mass is 10.3. The molecule has 2 rings (SSSR count). The number of anilines is 1. The third-order valence-corrected chi connectivity index (χ3v) is 3.30. The number of ether oxygens (including phenoxy) is 2. The highest BCUT2D eigenvalue weighted by Crippen LogP contribution is 2.24. The fraction of sp³-hybridized carbons (Fsp3) is 0.333. The van der Waals surface area contributed by atoms with Crippen molar-refractivity contribution < 1.29 is 9.47 Å². The van der Waals surface area contributed by atoms with E-state index in [4.69, 9.17) is 21.1 Å². The maximum absolute atomic E-state index is 6.09. The normalized spacial score (nSPS) is 12.0. The van der Waals surface area contributed by atoms with Crippen molar-refractivity contribution in [2.24, 2.45) is 0 Å². The molecule has 0 saturated carbocycles. The fourth-order valence-corrected chi connectivity index (χ4v) is 2.16. The quantitative estimate of drug-likeness (QED) is 0.778. The first kappa shape index (κ1) is 16.5. The molecule has 2 aromatic rings. The molecule has 0 fully saturated rings. The molecule has 0 aliphatic rings. The van der Waals surface area contributed by atoms with Gasteiger partial charge in [-0.3, -0.25) is 0 Å². The van der Waals surface area contributed by atoms with E-state index in [1.165, 1.54) is 0 Å². The van der Waals surface area contributed by atoms with Crippen molar-refractivity contribution in [3.8, 4) is 11.5 Å². The summed E-state index contributed by atoms with van der Waals surface area (Å²) in [5.41, 5.74) is 1.03. The van der Waals surface area contributed by atoms with Gasteiger partial charge in [0.1, 0.15) is 17.6 Å². The molecule has 1 atom stereocenters. The van der Waals surface area contributed by atoms with Gasteiger partial charge in [-0.1, -0.05) is 23.7 Å². The number of rotatable bonds is 7. The minimum absolute atomic E-state index is 0.00601. The molecule has 1 N–H and O–H groups in total. The maximum Gasteiger partial charge on any atom is 0.138 e. The molecule has 2 aromatic carbocycles. The first-order valence-electron chi connectivity index (χ1n) is 7.46. The number of hydrogen-bond donors (Lipinski definition) is 1. The van der Waals surface area contributed by atoms with Crippen LogP contribution >= 0.6 is 11.6 Å². The van der Waals surface area contributed by atoms with Gasteiger partial charge < -0.3 is 14.8 Å². The zero-order chi connectivity index (χ0) is 15.9. The van der Waals surface area contributed by atoms with E-state index in [-0.39, 0.29) is 12.2 Å². The van der Waals surface area contributed by atoms with Crippen LogP contribution in [0.3, 0.4) is 0 Å². The Kier molecular flexibility index (Phi) is 5.96. The average Bonchev–Trinajstić information content (AvgIpc) is 2.48. The summed E-state index contributed by atoms with van der Waals surface area (Å²) in [6.07, 6.45) is 0.189. The molecular formula is C18H22ClNO2. The van der Waals surface area contributed by atoms with E-state index in [1.54, 1.807) is 0 Å². The van der Waals surface area contributed by atoms with Crippen LogP contribution in [-0.2, 0) is 0 Å². The van der Waals surface area contributed by atoms with Crippen LogP contribution in [0.15, 0.2) is 48.5 Å². The highest BCUT2D eigenvalue weighted by atomic mass is 35.5. The van der Waals surface area contributed by atoms with Crippen molar-refractivity contribution in [1.29, 1.82) is 0 Å². The fourth-order valence-electron chi connectivity index (χ4n) is 1.98. The van der Waals surface area contributed by atoms with E-state index in [0.29, 0.717) is 17.3 Å². The Morgan fingerprint density at radius 3 is 2.27 bits per heavy atom. The largest absolute Gasteiger partial charge is 0.491 e. The summed E-state index contributed by atoms with van der Waals surface area (Å²) in [5, 5.41) is 3.97. The minimum atomic E-state index is 0.00601. The van der Waals surface area contributed by atoms with Crippen LogP contribution in [0.25, 0.3) is 0 Å². The number of halogens is 1. The van der Waals surface area contributed by atoms with Crippen molar-refractivity contribution in [1.82, 2.24) is 0 Å². The summed E-state index contributed by atoms with van der Waals surface area (Å²) in [6, 6.07) is 15.4. The van der Waals surface area contributed by atoms with Crippen LogP contribution in [0.4, 0.5) is 5.69 Å².